The predicted octanol–water partition coefficient (Wildman–Crippen LogP) is 1.79. The lowest BCUT2D eigenvalue weighted by atomic mass is 10.2. The Morgan fingerprint density at radius 3 is 2.62 bits per heavy atom. The summed E-state index contributed by atoms with van der Waals surface area (Å²) >= 11 is 5.50. The molecule has 0 amide bonds. The molecule has 1 nitrogen and oxygen atoms in total. The second kappa shape index (κ2) is 2.70. The van der Waals surface area contributed by atoms with Crippen LogP contribution in [0.3, 0.4) is 0 Å². The first-order valence-corrected chi connectivity index (χ1v) is 3.63. The number of ether oxygens (including phenoxy) is 1. The van der Waals surface area contributed by atoms with Crippen molar-refractivity contribution >= 4 is 11.6 Å². The number of alkyl halides is 1. The van der Waals surface area contributed by atoms with Gasteiger partial charge in [0.15, 0.2) is 0 Å². The molecule has 1 rings (SSSR count). The maximum absolute atomic E-state index is 5.50. The van der Waals surface area contributed by atoms with Crippen molar-refractivity contribution in [1.29, 1.82) is 0 Å². The molecule has 0 radical (unpaired) electrons. The van der Waals surface area contributed by atoms with E-state index in [9.17, 15) is 0 Å². The zero-order valence-corrected chi connectivity index (χ0v) is 5.82. The fourth-order valence-corrected chi connectivity index (χ4v) is 1.12. The smallest absolute Gasteiger partial charge is 0.0976 e. The molecule has 0 aromatic heterocycles. The number of rotatable bonds is 3. The van der Waals surface area contributed by atoms with Crippen molar-refractivity contribution in [2.75, 3.05) is 5.88 Å². The molecule has 1 aliphatic heterocycles. The quantitative estimate of drug-likeness (QED) is 0.424. The molecule has 0 N–H and O–H groups in total. The van der Waals surface area contributed by atoms with Gasteiger partial charge in [-0.05, 0) is 6.42 Å². The third kappa shape index (κ3) is 1.36. The normalized spacial score (nSPS) is 35.2. The fraction of sp³-hybridized carbons (Fsp3) is 1.00. The van der Waals surface area contributed by atoms with Gasteiger partial charge in [0.1, 0.15) is 0 Å². The van der Waals surface area contributed by atoms with Gasteiger partial charge in [0.25, 0.3) is 0 Å². The Labute approximate surface area is 55.0 Å². The zero-order chi connectivity index (χ0) is 5.98. The van der Waals surface area contributed by atoms with Gasteiger partial charge in [0, 0.05) is 0 Å². The van der Waals surface area contributed by atoms with E-state index >= 15 is 0 Å². The van der Waals surface area contributed by atoms with Gasteiger partial charge in [-0.3, -0.25) is 0 Å². The molecule has 0 bridgehead atoms. The van der Waals surface area contributed by atoms with E-state index in [-0.39, 0.29) is 0 Å². The molecule has 1 fully saturated rings. The van der Waals surface area contributed by atoms with Gasteiger partial charge >= 0.3 is 0 Å². The van der Waals surface area contributed by atoms with E-state index in [0.29, 0.717) is 18.1 Å². The van der Waals surface area contributed by atoms with Crippen molar-refractivity contribution in [2.45, 2.75) is 32.0 Å². The monoisotopic (exact) mass is 134 g/mol. The van der Waals surface area contributed by atoms with Crippen LogP contribution in [0.5, 0.6) is 0 Å². The third-order valence-corrected chi connectivity index (χ3v) is 1.72. The van der Waals surface area contributed by atoms with Crippen LogP contribution in [0, 0.1) is 0 Å². The van der Waals surface area contributed by atoms with E-state index in [0.717, 1.165) is 0 Å². The lowest BCUT2D eigenvalue weighted by Gasteiger charge is -1.83. The summed E-state index contributed by atoms with van der Waals surface area (Å²) in [4.78, 5) is 0. The molecule has 1 heterocycles. The van der Waals surface area contributed by atoms with Gasteiger partial charge in [-0.15, -0.1) is 11.6 Å². The van der Waals surface area contributed by atoms with Crippen molar-refractivity contribution in [3.05, 3.63) is 0 Å². The molecule has 0 saturated carbocycles. The highest BCUT2D eigenvalue weighted by molar-refractivity contribution is 6.18. The summed E-state index contributed by atoms with van der Waals surface area (Å²) < 4.78 is 5.17. The highest BCUT2D eigenvalue weighted by Crippen LogP contribution is 2.26. The van der Waals surface area contributed by atoms with Gasteiger partial charge < -0.3 is 4.74 Å². The Hall–Kier alpha value is 0.250. The minimum atomic E-state index is 0.386. The minimum absolute atomic E-state index is 0.386. The lowest BCUT2D eigenvalue weighted by molar-refractivity contribution is 0.370. The van der Waals surface area contributed by atoms with E-state index in [2.05, 4.69) is 6.92 Å². The molecule has 8 heavy (non-hydrogen) atoms. The summed E-state index contributed by atoms with van der Waals surface area (Å²) in [7, 11) is 0. The second-order valence-corrected chi connectivity index (χ2v) is 2.46. The van der Waals surface area contributed by atoms with Crippen molar-refractivity contribution in [2.24, 2.45) is 0 Å². The fourth-order valence-electron chi connectivity index (χ4n) is 0.853. The van der Waals surface area contributed by atoms with Crippen LogP contribution in [0.1, 0.15) is 19.8 Å². The van der Waals surface area contributed by atoms with Crippen LogP contribution in [0.15, 0.2) is 0 Å². The molecule has 0 aromatic rings. The molecule has 48 valence electrons. The molecule has 1 saturated heterocycles. The standard InChI is InChI=1S/C6H11ClO/c1-2-3-5-6(4-7)8-5/h5-6H,2-4H2,1H3/t5-,6-/m1/s1. The van der Waals surface area contributed by atoms with E-state index in [1.54, 1.807) is 0 Å². The lowest BCUT2D eigenvalue weighted by Crippen LogP contribution is -1.93. The first kappa shape index (κ1) is 6.37. The Morgan fingerprint density at radius 2 is 2.25 bits per heavy atom. The summed E-state index contributed by atoms with van der Waals surface area (Å²) in [6, 6.07) is 0. The number of epoxide rings is 1. The van der Waals surface area contributed by atoms with Crippen molar-refractivity contribution in [3.8, 4) is 0 Å². The van der Waals surface area contributed by atoms with E-state index < -0.39 is 0 Å². The maximum Gasteiger partial charge on any atom is 0.0976 e. The van der Waals surface area contributed by atoms with Gasteiger partial charge in [0.05, 0.1) is 18.1 Å². The van der Waals surface area contributed by atoms with Crippen LogP contribution >= 0.6 is 11.6 Å². The molecule has 0 spiro atoms. The summed E-state index contributed by atoms with van der Waals surface area (Å²) in [5, 5.41) is 0. The molecule has 1 aliphatic rings. The second-order valence-electron chi connectivity index (χ2n) is 2.16. The molecule has 0 unspecified atom stereocenters. The first-order chi connectivity index (χ1) is 3.88. The van der Waals surface area contributed by atoms with E-state index in [1.807, 2.05) is 0 Å². The van der Waals surface area contributed by atoms with E-state index in [4.69, 9.17) is 16.3 Å². The predicted molar refractivity (Wildman–Crippen MR) is 34.3 cm³/mol. The molecule has 2 heteroatoms. The average Bonchev–Trinajstić information content (AvgIpc) is 2.48. The van der Waals surface area contributed by atoms with Crippen molar-refractivity contribution < 1.29 is 4.74 Å². The van der Waals surface area contributed by atoms with Crippen LogP contribution in [0.4, 0.5) is 0 Å². The Bertz CT molecular complexity index is 74.9. The van der Waals surface area contributed by atoms with Gasteiger partial charge in [0.2, 0.25) is 0 Å². The summed E-state index contributed by atoms with van der Waals surface area (Å²) in [6.07, 6.45) is 3.27. The molecular weight excluding hydrogens is 124 g/mol. The SMILES string of the molecule is CCC[C@H]1O[C@@H]1CCl. The average molecular weight is 135 g/mol. The van der Waals surface area contributed by atoms with Crippen LogP contribution in [0.2, 0.25) is 0 Å². The van der Waals surface area contributed by atoms with Crippen LogP contribution in [-0.2, 0) is 4.74 Å². The largest absolute Gasteiger partial charge is 0.368 e. The van der Waals surface area contributed by atoms with Gasteiger partial charge in [-0.2, -0.15) is 0 Å². The Morgan fingerprint density at radius 1 is 1.50 bits per heavy atom. The molecule has 2 atom stereocenters. The van der Waals surface area contributed by atoms with Gasteiger partial charge in [-0.1, -0.05) is 13.3 Å². The van der Waals surface area contributed by atoms with Crippen LogP contribution < -0.4 is 0 Å². The minimum Gasteiger partial charge on any atom is -0.368 e. The zero-order valence-electron chi connectivity index (χ0n) is 5.06. The summed E-state index contributed by atoms with van der Waals surface area (Å²) in [6.45, 7) is 2.16. The molecular formula is C6H11ClO. The number of halogens is 1. The van der Waals surface area contributed by atoms with Crippen LogP contribution in [0.25, 0.3) is 0 Å². The van der Waals surface area contributed by atoms with Crippen molar-refractivity contribution in [1.82, 2.24) is 0 Å². The summed E-state index contributed by atoms with van der Waals surface area (Å²) in [5.41, 5.74) is 0. The van der Waals surface area contributed by atoms with Gasteiger partial charge in [-0.25, -0.2) is 0 Å². The first-order valence-electron chi connectivity index (χ1n) is 3.10. The number of hydrogen-bond acceptors (Lipinski definition) is 1. The third-order valence-electron chi connectivity index (χ3n) is 1.41. The van der Waals surface area contributed by atoms with Crippen LogP contribution in [-0.4, -0.2) is 18.1 Å². The Kier molecular flexibility index (Phi) is 2.15. The molecule has 0 aromatic carbocycles. The van der Waals surface area contributed by atoms with Crippen molar-refractivity contribution in [3.63, 3.8) is 0 Å². The summed E-state index contributed by atoms with van der Waals surface area (Å²) in [5.74, 6) is 0.671. The maximum atomic E-state index is 5.50. The Balaban J connectivity index is 1.99. The molecule has 0 aliphatic carbocycles. The highest BCUT2D eigenvalue weighted by atomic mass is 35.5. The number of hydrogen-bond donors (Lipinski definition) is 0. The highest BCUT2D eigenvalue weighted by Gasteiger charge is 2.36. The topological polar surface area (TPSA) is 12.5 Å². The van der Waals surface area contributed by atoms with E-state index in [1.165, 1.54) is 12.8 Å².